The Morgan fingerprint density at radius 3 is 2.69 bits per heavy atom. The molecule has 5 rings (SSSR count). The Morgan fingerprint density at radius 2 is 2.00 bits per heavy atom. The Hall–Kier alpha value is -4.02. The van der Waals surface area contributed by atoms with Crippen molar-refractivity contribution in [2.75, 3.05) is 18.9 Å². The topological polar surface area (TPSA) is 134 Å². The summed E-state index contributed by atoms with van der Waals surface area (Å²) in [4.78, 5) is 62.5. The highest BCUT2D eigenvalue weighted by molar-refractivity contribution is 6.06. The van der Waals surface area contributed by atoms with Gasteiger partial charge in [-0.2, -0.15) is 0 Å². The quantitative estimate of drug-likeness (QED) is 0.605. The fourth-order valence-electron chi connectivity index (χ4n) is 5.01. The van der Waals surface area contributed by atoms with E-state index in [1.807, 2.05) is 6.92 Å². The van der Waals surface area contributed by atoms with Crippen molar-refractivity contribution >= 4 is 29.6 Å². The van der Waals surface area contributed by atoms with Crippen molar-refractivity contribution in [3.05, 3.63) is 53.6 Å². The molecule has 5 amide bonds. The third-order valence-electron chi connectivity index (χ3n) is 7.18. The summed E-state index contributed by atoms with van der Waals surface area (Å²) in [6, 6.07) is 6.40. The lowest BCUT2D eigenvalue weighted by Crippen LogP contribution is -2.47. The fourth-order valence-corrected chi connectivity index (χ4v) is 5.01. The van der Waals surface area contributed by atoms with Crippen LogP contribution >= 0.6 is 0 Å². The van der Waals surface area contributed by atoms with Crippen molar-refractivity contribution in [3.63, 3.8) is 0 Å². The van der Waals surface area contributed by atoms with Crippen molar-refractivity contribution in [3.8, 4) is 0 Å². The Bertz CT molecular complexity index is 1220. The number of anilines is 1. The first-order valence-electron chi connectivity index (χ1n) is 12.0. The van der Waals surface area contributed by atoms with Gasteiger partial charge in [-0.05, 0) is 55.9 Å². The van der Waals surface area contributed by atoms with E-state index in [2.05, 4.69) is 20.6 Å². The highest BCUT2D eigenvalue weighted by Gasteiger charge is 2.58. The fraction of sp³-hybridized carbons (Fsp3) is 0.440. The molecule has 1 spiro atoms. The molecule has 2 heterocycles. The number of urea groups is 1. The van der Waals surface area contributed by atoms with E-state index >= 15 is 0 Å². The normalized spacial score (nSPS) is 21.2. The lowest BCUT2D eigenvalue weighted by Gasteiger charge is -2.30. The number of ether oxygens (including phenoxy) is 1. The number of hydrogen-bond acceptors (Lipinski definition) is 7. The SMILES string of the molecule is CNC(=O)Nc1ccc2c(c1)CC[C@@]21OC(=O)N(CC(=O)N(Cc2ncccn2)[C@@H](C)C2CC2)C1=O. The minimum atomic E-state index is -1.45. The number of aromatic nitrogens is 2. The average Bonchev–Trinajstić information content (AvgIpc) is 3.63. The Kier molecular flexibility index (Phi) is 6.07. The molecule has 1 aliphatic heterocycles. The standard InChI is InChI=1S/C25H28N6O5/c1-15(16-4-5-16)30(13-20-27-10-3-11-28-20)21(32)14-31-22(33)25(36-24(31)35)9-8-17-12-18(6-7-19(17)25)29-23(34)26-2/h3,6-7,10-12,15-16H,4-5,8-9,13-14H2,1-2H3,(H2,26,29,34)/t15-,25+/m0/s1. The van der Waals surface area contributed by atoms with Crippen LogP contribution in [0, 0.1) is 5.92 Å². The van der Waals surface area contributed by atoms with Crippen LogP contribution in [0.3, 0.4) is 0 Å². The van der Waals surface area contributed by atoms with Gasteiger partial charge in [-0.15, -0.1) is 0 Å². The van der Waals surface area contributed by atoms with E-state index in [0.29, 0.717) is 29.4 Å². The van der Waals surface area contributed by atoms with E-state index in [1.165, 1.54) is 7.05 Å². The van der Waals surface area contributed by atoms with Crippen LogP contribution in [0.5, 0.6) is 0 Å². The molecular formula is C25H28N6O5. The second-order valence-corrected chi connectivity index (χ2v) is 9.43. The molecule has 1 aromatic heterocycles. The summed E-state index contributed by atoms with van der Waals surface area (Å²) < 4.78 is 5.66. The number of nitrogens with zero attached hydrogens (tertiary/aromatic N) is 4. The molecule has 36 heavy (non-hydrogen) atoms. The van der Waals surface area contributed by atoms with Gasteiger partial charge in [0.25, 0.3) is 5.91 Å². The van der Waals surface area contributed by atoms with Crippen LogP contribution in [0.25, 0.3) is 0 Å². The van der Waals surface area contributed by atoms with Gasteiger partial charge in [0.05, 0.1) is 6.54 Å². The van der Waals surface area contributed by atoms with Gasteiger partial charge in [-0.25, -0.2) is 24.5 Å². The van der Waals surface area contributed by atoms with Crippen molar-refractivity contribution in [2.45, 2.75) is 50.8 Å². The van der Waals surface area contributed by atoms with Gasteiger partial charge in [0.1, 0.15) is 12.4 Å². The summed E-state index contributed by atoms with van der Waals surface area (Å²) in [5.74, 6) is -0.0188. The molecule has 1 saturated heterocycles. The summed E-state index contributed by atoms with van der Waals surface area (Å²) in [6.07, 6.45) is 5.24. The largest absolute Gasteiger partial charge is 0.427 e. The van der Waals surface area contributed by atoms with Gasteiger partial charge in [-0.3, -0.25) is 9.59 Å². The van der Waals surface area contributed by atoms with Gasteiger partial charge in [0.15, 0.2) is 0 Å². The summed E-state index contributed by atoms with van der Waals surface area (Å²) in [5.41, 5.74) is 0.512. The Labute approximate surface area is 208 Å². The summed E-state index contributed by atoms with van der Waals surface area (Å²) in [7, 11) is 1.52. The van der Waals surface area contributed by atoms with Gasteiger partial charge in [0, 0.05) is 43.2 Å². The number of hydrogen-bond donors (Lipinski definition) is 2. The third kappa shape index (κ3) is 4.25. The van der Waals surface area contributed by atoms with Crippen LogP contribution in [-0.2, 0) is 32.9 Å². The number of carbonyl (C=O) groups excluding carboxylic acids is 4. The van der Waals surface area contributed by atoms with Gasteiger partial charge >= 0.3 is 12.1 Å². The molecule has 1 saturated carbocycles. The Balaban J connectivity index is 1.35. The lowest BCUT2D eigenvalue weighted by molar-refractivity contribution is -0.143. The summed E-state index contributed by atoms with van der Waals surface area (Å²) in [6.45, 7) is 1.76. The van der Waals surface area contributed by atoms with E-state index in [4.69, 9.17) is 4.74 Å². The minimum Gasteiger partial charge on any atom is -0.427 e. The number of carbonyl (C=O) groups is 4. The predicted octanol–water partition coefficient (Wildman–Crippen LogP) is 2.18. The molecule has 0 unspecified atom stereocenters. The van der Waals surface area contributed by atoms with E-state index in [-0.39, 0.29) is 30.9 Å². The predicted molar refractivity (Wildman–Crippen MR) is 127 cm³/mol. The maximum absolute atomic E-state index is 13.5. The number of amides is 5. The molecule has 0 bridgehead atoms. The molecule has 188 valence electrons. The maximum Gasteiger partial charge on any atom is 0.418 e. The molecular weight excluding hydrogens is 464 g/mol. The number of rotatable bonds is 7. The minimum absolute atomic E-state index is 0.0672. The zero-order chi connectivity index (χ0) is 25.4. The second-order valence-electron chi connectivity index (χ2n) is 9.43. The first-order chi connectivity index (χ1) is 17.3. The monoisotopic (exact) mass is 492 g/mol. The van der Waals surface area contributed by atoms with Crippen molar-refractivity contribution in [2.24, 2.45) is 5.92 Å². The maximum atomic E-state index is 13.5. The lowest BCUT2D eigenvalue weighted by atomic mass is 9.94. The average molecular weight is 493 g/mol. The molecule has 11 nitrogen and oxygen atoms in total. The van der Waals surface area contributed by atoms with Crippen LogP contribution < -0.4 is 10.6 Å². The zero-order valence-electron chi connectivity index (χ0n) is 20.2. The molecule has 11 heteroatoms. The first kappa shape index (κ1) is 23.7. The van der Waals surface area contributed by atoms with Crippen LogP contribution in [0.4, 0.5) is 15.3 Å². The van der Waals surface area contributed by atoms with Crippen molar-refractivity contribution in [1.29, 1.82) is 0 Å². The molecule has 2 aliphatic carbocycles. The van der Waals surface area contributed by atoms with E-state index in [9.17, 15) is 19.2 Å². The van der Waals surface area contributed by atoms with Crippen LogP contribution in [0.1, 0.15) is 43.1 Å². The van der Waals surface area contributed by atoms with E-state index in [1.54, 1.807) is 41.6 Å². The summed E-state index contributed by atoms with van der Waals surface area (Å²) >= 11 is 0. The number of aryl methyl sites for hydroxylation is 1. The molecule has 2 fully saturated rings. The first-order valence-corrected chi connectivity index (χ1v) is 12.0. The molecule has 1 aromatic carbocycles. The third-order valence-corrected chi connectivity index (χ3v) is 7.18. The van der Waals surface area contributed by atoms with Gasteiger partial charge in [-0.1, -0.05) is 6.07 Å². The number of benzene rings is 1. The van der Waals surface area contributed by atoms with Crippen molar-refractivity contribution < 1.29 is 23.9 Å². The van der Waals surface area contributed by atoms with Gasteiger partial charge in [0.2, 0.25) is 11.5 Å². The van der Waals surface area contributed by atoms with E-state index in [0.717, 1.165) is 23.3 Å². The van der Waals surface area contributed by atoms with Crippen molar-refractivity contribution in [1.82, 2.24) is 25.1 Å². The number of nitrogens with one attached hydrogen (secondary N) is 2. The number of imide groups is 1. The molecule has 2 N–H and O–H groups in total. The molecule has 0 radical (unpaired) electrons. The molecule has 2 aromatic rings. The van der Waals surface area contributed by atoms with Crippen LogP contribution in [-0.4, -0.2) is 63.3 Å². The van der Waals surface area contributed by atoms with E-state index < -0.39 is 24.1 Å². The molecule has 3 aliphatic rings. The zero-order valence-corrected chi connectivity index (χ0v) is 20.2. The Morgan fingerprint density at radius 1 is 1.25 bits per heavy atom. The number of fused-ring (bicyclic) bond motifs is 2. The second kappa shape index (κ2) is 9.21. The molecule has 2 atom stereocenters. The highest BCUT2D eigenvalue weighted by atomic mass is 16.6. The van der Waals surface area contributed by atoms with Crippen LogP contribution in [0.2, 0.25) is 0 Å². The smallest absolute Gasteiger partial charge is 0.418 e. The highest BCUT2D eigenvalue weighted by Crippen LogP contribution is 2.46. The van der Waals surface area contributed by atoms with Gasteiger partial charge < -0.3 is 20.3 Å². The summed E-state index contributed by atoms with van der Waals surface area (Å²) in [5, 5.41) is 5.18. The van der Waals surface area contributed by atoms with Crippen LogP contribution in [0.15, 0.2) is 36.7 Å².